The van der Waals surface area contributed by atoms with Gasteiger partial charge in [0.25, 0.3) is 5.12 Å². The van der Waals surface area contributed by atoms with Gasteiger partial charge in [0.05, 0.1) is 12.5 Å². The van der Waals surface area contributed by atoms with Crippen LogP contribution >= 0.6 is 11.8 Å². The first-order chi connectivity index (χ1) is 14.1. The van der Waals surface area contributed by atoms with Gasteiger partial charge in [0.15, 0.2) is 11.4 Å². The lowest BCUT2D eigenvalue weighted by Gasteiger charge is -2.48. The largest absolute Gasteiger partial charge is 0.460 e. The molecule has 6 nitrogen and oxygen atoms in total. The molecule has 1 saturated carbocycles. The highest BCUT2D eigenvalue weighted by atomic mass is 32.2. The molecule has 2 aromatic heterocycles. The van der Waals surface area contributed by atoms with Crippen molar-refractivity contribution in [3.8, 4) is 0 Å². The molecule has 1 fully saturated rings. The van der Waals surface area contributed by atoms with Gasteiger partial charge in [-0.2, -0.15) is 0 Å². The zero-order valence-electron chi connectivity index (χ0n) is 18.0. The van der Waals surface area contributed by atoms with E-state index in [1.807, 2.05) is 20.8 Å². The molecule has 0 amide bonds. The summed E-state index contributed by atoms with van der Waals surface area (Å²) in [7, 11) is 0. The molecule has 7 heteroatoms. The van der Waals surface area contributed by atoms with Crippen LogP contribution in [0.2, 0.25) is 0 Å². The lowest BCUT2D eigenvalue weighted by Crippen LogP contribution is -2.56. The quantitative estimate of drug-likeness (QED) is 0.549. The van der Waals surface area contributed by atoms with Crippen molar-refractivity contribution < 1.29 is 28.0 Å². The number of rotatable bonds is 6. The van der Waals surface area contributed by atoms with Crippen molar-refractivity contribution in [1.29, 1.82) is 0 Å². The van der Waals surface area contributed by atoms with Crippen LogP contribution in [0.1, 0.15) is 68.6 Å². The number of thioether (sulfide) groups is 1. The van der Waals surface area contributed by atoms with Gasteiger partial charge in [0, 0.05) is 5.41 Å². The van der Waals surface area contributed by atoms with Crippen LogP contribution in [0.15, 0.2) is 45.6 Å². The summed E-state index contributed by atoms with van der Waals surface area (Å²) in [6.07, 6.45) is 3.84. The van der Waals surface area contributed by atoms with E-state index in [9.17, 15) is 14.4 Å². The van der Waals surface area contributed by atoms with Crippen LogP contribution in [0.4, 0.5) is 0 Å². The highest BCUT2D eigenvalue weighted by molar-refractivity contribution is 8.26. The summed E-state index contributed by atoms with van der Waals surface area (Å²) < 4.78 is 16.3. The first-order valence-corrected chi connectivity index (χ1v) is 11.0. The zero-order valence-corrected chi connectivity index (χ0v) is 18.8. The van der Waals surface area contributed by atoms with Crippen LogP contribution in [0.5, 0.6) is 0 Å². The Morgan fingerprint density at radius 1 is 1.07 bits per heavy atom. The van der Waals surface area contributed by atoms with Crippen LogP contribution in [0, 0.1) is 23.2 Å². The standard InChI is InChI=1S/C23H28O6S/c1-14(2)16-10-11-23(22(16,5)15(3)4,29-19(24)17-8-6-12-27-17)21(26)30-20(25)18-9-7-13-28-18/h6-9,12-16H,10-11H2,1-5H3/t16?,22-,23-/m0/s1. The number of carbonyl (C=O) groups excluding carboxylic acids is 3. The Morgan fingerprint density at radius 2 is 1.67 bits per heavy atom. The van der Waals surface area contributed by atoms with Crippen molar-refractivity contribution in [3.05, 3.63) is 48.3 Å². The van der Waals surface area contributed by atoms with Crippen LogP contribution < -0.4 is 0 Å². The molecule has 0 aromatic carbocycles. The Balaban J connectivity index is 2.03. The molecule has 2 heterocycles. The maximum absolute atomic E-state index is 13.7. The fourth-order valence-corrected chi connectivity index (χ4v) is 5.80. The van der Waals surface area contributed by atoms with E-state index in [4.69, 9.17) is 13.6 Å². The molecule has 1 aliphatic rings. The maximum atomic E-state index is 13.7. The van der Waals surface area contributed by atoms with Crippen LogP contribution in [-0.2, 0) is 9.53 Å². The van der Waals surface area contributed by atoms with Gasteiger partial charge in [-0.1, -0.05) is 34.6 Å². The Kier molecular flexibility index (Phi) is 6.32. The summed E-state index contributed by atoms with van der Waals surface area (Å²) >= 11 is 0.547. The van der Waals surface area contributed by atoms with Crippen molar-refractivity contribution in [3.63, 3.8) is 0 Å². The molecule has 0 saturated heterocycles. The predicted molar refractivity (Wildman–Crippen MR) is 113 cm³/mol. The minimum atomic E-state index is -1.45. The molecule has 0 radical (unpaired) electrons. The van der Waals surface area contributed by atoms with E-state index in [0.29, 0.717) is 18.2 Å². The molecule has 0 aliphatic heterocycles. The number of carbonyl (C=O) groups is 3. The van der Waals surface area contributed by atoms with Gasteiger partial charge in [0.2, 0.25) is 10.9 Å². The smallest absolute Gasteiger partial charge is 0.375 e. The molecule has 1 aliphatic carbocycles. The van der Waals surface area contributed by atoms with Crippen molar-refractivity contribution >= 4 is 28.0 Å². The van der Waals surface area contributed by atoms with Gasteiger partial charge in [-0.15, -0.1) is 0 Å². The normalized spacial score (nSPS) is 26.3. The predicted octanol–water partition coefficient (Wildman–Crippen LogP) is 5.60. The van der Waals surface area contributed by atoms with Crippen molar-refractivity contribution in [1.82, 2.24) is 0 Å². The molecule has 3 rings (SSSR count). The number of hydrogen-bond acceptors (Lipinski definition) is 7. The Bertz CT molecular complexity index is 898. The van der Waals surface area contributed by atoms with E-state index in [-0.39, 0.29) is 29.3 Å². The third-order valence-electron chi connectivity index (χ3n) is 6.68. The second-order valence-corrected chi connectivity index (χ2v) is 9.62. The summed E-state index contributed by atoms with van der Waals surface area (Å²) in [6.45, 7) is 10.3. The third kappa shape index (κ3) is 3.64. The van der Waals surface area contributed by atoms with Crippen LogP contribution in [0.25, 0.3) is 0 Å². The molecule has 30 heavy (non-hydrogen) atoms. The Morgan fingerprint density at radius 3 is 2.17 bits per heavy atom. The highest BCUT2D eigenvalue weighted by Crippen LogP contribution is 2.60. The van der Waals surface area contributed by atoms with Crippen molar-refractivity contribution in [2.75, 3.05) is 0 Å². The second-order valence-electron chi connectivity index (χ2n) is 8.67. The minimum absolute atomic E-state index is 0.0278. The summed E-state index contributed by atoms with van der Waals surface area (Å²) in [5.41, 5.74) is -2.11. The third-order valence-corrected chi connectivity index (χ3v) is 7.58. The number of ether oxygens (including phenoxy) is 1. The van der Waals surface area contributed by atoms with E-state index in [2.05, 4.69) is 13.8 Å². The monoisotopic (exact) mass is 432 g/mol. The zero-order chi connectivity index (χ0) is 22.1. The SMILES string of the molecule is CC(C)C1CC[C@](OC(=O)c2ccco2)(C(=O)SC(=O)c2ccco2)[C@@]1(C)C(C)C. The Hall–Kier alpha value is -2.28. The summed E-state index contributed by atoms with van der Waals surface area (Å²) in [4.78, 5) is 39.2. The van der Waals surface area contributed by atoms with Gasteiger partial charge in [-0.25, -0.2) is 4.79 Å². The van der Waals surface area contributed by atoms with Gasteiger partial charge in [-0.05, 0) is 66.6 Å². The second kappa shape index (κ2) is 8.46. The highest BCUT2D eigenvalue weighted by Gasteiger charge is 2.66. The fourth-order valence-electron chi connectivity index (χ4n) is 4.89. The maximum Gasteiger partial charge on any atom is 0.375 e. The lowest BCUT2D eigenvalue weighted by atomic mass is 9.61. The van der Waals surface area contributed by atoms with Gasteiger partial charge in [-0.3, -0.25) is 9.59 Å². The molecule has 0 bridgehead atoms. The van der Waals surface area contributed by atoms with Crippen LogP contribution in [-0.4, -0.2) is 21.8 Å². The number of hydrogen-bond donors (Lipinski definition) is 0. The summed E-state index contributed by atoms with van der Waals surface area (Å²) in [5, 5.41) is -0.972. The summed E-state index contributed by atoms with van der Waals surface area (Å²) in [5.74, 6) is -0.129. The molecular formula is C23H28O6S. The summed E-state index contributed by atoms with van der Waals surface area (Å²) in [6, 6.07) is 6.20. The average Bonchev–Trinajstić information content (AvgIpc) is 3.43. The fraction of sp³-hybridized carbons (Fsp3) is 0.522. The van der Waals surface area contributed by atoms with Gasteiger partial charge < -0.3 is 13.6 Å². The molecule has 0 spiro atoms. The van der Waals surface area contributed by atoms with Crippen LogP contribution in [0.3, 0.4) is 0 Å². The van der Waals surface area contributed by atoms with Gasteiger partial charge >= 0.3 is 5.97 Å². The van der Waals surface area contributed by atoms with E-state index in [1.54, 1.807) is 12.1 Å². The van der Waals surface area contributed by atoms with E-state index < -0.39 is 27.2 Å². The lowest BCUT2D eigenvalue weighted by molar-refractivity contribution is -0.150. The first kappa shape index (κ1) is 22.4. The topological polar surface area (TPSA) is 86.7 Å². The first-order valence-electron chi connectivity index (χ1n) is 10.2. The Labute approximate surface area is 180 Å². The molecule has 1 unspecified atom stereocenters. The molecule has 0 N–H and O–H groups in total. The molecule has 2 aromatic rings. The minimum Gasteiger partial charge on any atom is -0.460 e. The van der Waals surface area contributed by atoms with Crippen molar-refractivity contribution in [2.24, 2.45) is 23.2 Å². The number of esters is 1. The average molecular weight is 433 g/mol. The molecule has 3 atom stereocenters. The number of furan rings is 2. The van der Waals surface area contributed by atoms with Crippen molar-refractivity contribution in [2.45, 2.75) is 53.1 Å². The molecular weight excluding hydrogens is 404 g/mol. The van der Waals surface area contributed by atoms with E-state index in [0.717, 1.165) is 6.42 Å². The van der Waals surface area contributed by atoms with E-state index in [1.165, 1.54) is 24.7 Å². The van der Waals surface area contributed by atoms with Gasteiger partial charge in [0.1, 0.15) is 0 Å². The van der Waals surface area contributed by atoms with E-state index >= 15 is 0 Å². The molecule has 162 valence electrons.